The number of alkyl halides is 5. The molecule has 126 valence electrons. The molecule has 1 unspecified atom stereocenters. The molecule has 0 heterocycles. The zero-order valence-electron chi connectivity index (χ0n) is 10.6. The third-order valence-corrected chi connectivity index (χ3v) is 4.02. The van der Waals surface area contributed by atoms with Crippen LogP contribution in [0.2, 0.25) is 0 Å². The average molecular weight is 364 g/mol. The van der Waals surface area contributed by atoms with Gasteiger partial charge in [-0.05, 0) is 12.8 Å². The van der Waals surface area contributed by atoms with E-state index in [1.54, 1.807) is 0 Å². The zero-order chi connectivity index (χ0) is 16.5. The van der Waals surface area contributed by atoms with Crippen molar-refractivity contribution in [1.82, 2.24) is 0 Å². The van der Waals surface area contributed by atoms with Crippen LogP contribution in [0.25, 0.3) is 0 Å². The Morgan fingerprint density at radius 2 is 1.55 bits per heavy atom. The first kappa shape index (κ1) is 22.0. The number of carbonyl (C=O) groups is 1. The summed E-state index contributed by atoms with van der Waals surface area (Å²) >= 11 is 0. The topological polar surface area (TPSA) is 80.7 Å². The molecular weight excluding hydrogens is 350 g/mol. The Bertz CT molecular complexity index is 486. The summed E-state index contributed by atoms with van der Waals surface area (Å²) < 4.78 is 96.7. The molecule has 1 fully saturated rings. The third kappa shape index (κ3) is 5.29. The number of halogens is 5. The molecule has 1 atom stereocenters. The van der Waals surface area contributed by atoms with Crippen molar-refractivity contribution >= 4 is 45.6 Å². The van der Waals surface area contributed by atoms with E-state index in [1.807, 2.05) is 0 Å². The molecule has 0 radical (unpaired) electrons. The van der Waals surface area contributed by atoms with E-state index in [-0.39, 0.29) is 42.4 Å². The van der Waals surface area contributed by atoms with Gasteiger partial charge < -0.3 is 4.74 Å². The summed E-state index contributed by atoms with van der Waals surface area (Å²) in [7, 11) is -6.39. The molecule has 0 aromatic heterocycles. The van der Waals surface area contributed by atoms with Crippen LogP contribution in [0.4, 0.5) is 22.0 Å². The Hall–Kier alpha value is 0.0300. The molecular formula is C10H14F5NaO5S. The Labute approximate surface area is 145 Å². The fourth-order valence-electron chi connectivity index (χ4n) is 2.01. The Morgan fingerprint density at radius 3 is 1.91 bits per heavy atom. The second-order valence-corrected chi connectivity index (χ2v) is 6.22. The van der Waals surface area contributed by atoms with Crippen molar-refractivity contribution in [2.24, 2.45) is 5.92 Å². The molecule has 0 saturated heterocycles. The molecule has 5 nitrogen and oxygen atoms in total. The first-order chi connectivity index (χ1) is 9.37. The van der Waals surface area contributed by atoms with E-state index in [9.17, 15) is 35.2 Å². The van der Waals surface area contributed by atoms with Crippen molar-refractivity contribution in [3.8, 4) is 0 Å². The molecule has 12 heteroatoms. The monoisotopic (exact) mass is 364 g/mol. The summed E-state index contributed by atoms with van der Waals surface area (Å²) in [5.41, 5.74) is 0. The van der Waals surface area contributed by atoms with E-state index in [4.69, 9.17) is 4.55 Å². The van der Waals surface area contributed by atoms with Gasteiger partial charge in [0, 0.05) is 0 Å². The molecule has 1 aliphatic carbocycles. The van der Waals surface area contributed by atoms with Gasteiger partial charge in [0.05, 0.1) is 5.92 Å². The SMILES string of the molecule is O=C(OC(C(F)(F)F)C(F)(F)S(=O)(=O)O)C1CCCCC1.[NaH]. The number of hydrogen-bond donors (Lipinski definition) is 1. The van der Waals surface area contributed by atoms with E-state index in [2.05, 4.69) is 4.74 Å². The van der Waals surface area contributed by atoms with Crippen molar-refractivity contribution in [2.45, 2.75) is 49.6 Å². The van der Waals surface area contributed by atoms with Crippen molar-refractivity contribution in [3.05, 3.63) is 0 Å². The number of rotatable bonds is 4. The molecule has 0 aromatic rings. The molecule has 1 saturated carbocycles. The molecule has 0 bridgehead atoms. The van der Waals surface area contributed by atoms with E-state index in [1.165, 1.54) is 0 Å². The van der Waals surface area contributed by atoms with Crippen LogP contribution in [0.5, 0.6) is 0 Å². The number of hydrogen-bond acceptors (Lipinski definition) is 4. The number of ether oxygens (including phenoxy) is 1. The van der Waals surface area contributed by atoms with Crippen LogP contribution in [-0.2, 0) is 19.6 Å². The molecule has 0 aliphatic heterocycles. The van der Waals surface area contributed by atoms with Crippen molar-refractivity contribution in [2.75, 3.05) is 0 Å². The summed E-state index contributed by atoms with van der Waals surface area (Å²) in [5.74, 6) is -2.53. The van der Waals surface area contributed by atoms with Gasteiger partial charge in [0.1, 0.15) is 0 Å². The van der Waals surface area contributed by atoms with Gasteiger partial charge in [0.2, 0.25) is 0 Å². The van der Waals surface area contributed by atoms with Crippen LogP contribution >= 0.6 is 0 Å². The van der Waals surface area contributed by atoms with E-state index >= 15 is 0 Å². The summed E-state index contributed by atoms with van der Waals surface area (Å²) in [5, 5.41) is -5.67. The van der Waals surface area contributed by atoms with Gasteiger partial charge in [0.25, 0.3) is 6.10 Å². The first-order valence-electron chi connectivity index (χ1n) is 5.99. The standard InChI is InChI=1S/C10H13F5O5S.Na.H/c11-9(12,13)8(10(14,15)21(17,18)19)20-7(16)6-4-2-1-3-5-6;;/h6,8H,1-5H2,(H,17,18,19);;. The van der Waals surface area contributed by atoms with Gasteiger partial charge in [-0.2, -0.15) is 30.4 Å². The molecule has 0 spiro atoms. The normalized spacial score (nSPS) is 19.2. The van der Waals surface area contributed by atoms with Crippen LogP contribution in [0.3, 0.4) is 0 Å². The van der Waals surface area contributed by atoms with E-state index < -0.39 is 39.5 Å². The third-order valence-electron chi connectivity index (χ3n) is 3.12. The quantitative estimate of drug-likeness (QED) is 0.357. The Kier molecular flexibility index (Phi) is 7.74. The van der Waals surface area contributed by atoms with Crippen LogP contribution in [0.1, 0.15) is 32.1 Å². The van der Waals surface area contributed by atoms with Gasteiger partial charge in [-0.1, -0.05) is 19.3 Å². The van der Waals surface area contributed by atoms with Crippen LogP contribution in [0.15, 0.2) is 0 Å². The second kappa shape index (κ2) is 7.73. The molecule has 0 amide bonds. The molecule has 1 rings (SSSR count). The molecule has 0 aromatic carbocycles. The summed E-state index contributed by atoms with van der Waals surface area (Å²) in [4.78, 5) is 11.5. The predicted octanol–water partition coefficient (Wildman–Crippen LogP) is 1.87. The summed E-state index contributed by atoms with van der Waals surface area (Å²) in [6.45, 7) is 0. The molecule has 22 heavy (non-hydrogen) atoms. The van der Waals surface area contributed by atoms with Gasteiger partial charge in [-0.25, -0.2) is 0 Å². The fourth-order valence-corrected chi connectivity index (χ4v) is 2.46. The minimum absolute atomic E-state index is 0. The van der Waals surface area contributed by atoms with Crippen molar-refractivity contribution < 1.29 is 44.5 Å². The van der Waals surface area contributed by atoms with E-state index in [0.29, 0.717) is 12.8 Å². The van der Waals surface area contributed by atoms with Gasteiger partial charge >= 0.3 is 57.1 Å². The maximum absolute atomic E-state index is 13.2. The second-order valence-electron chi connectivity index (χ2n) is 4.73. The van der Waals surface area contributed by atoms with Crippen LogP contribution in [-0.4, -0.2) is 66.0 Å². The predicted molar refractivity (Wildman–Crippen MR) is 66.2 cm³/mol. The minimum atomic E-state index is -6.39. The average Bonchev–Trinajstić information content (AvgIpc) is 2.33. The van der Waals surface area contributed by atoms with E-state index in [0.717, 1.165) is 6.42 Å². The number of carbonyl (C=O) groups excluding carboxylic acids is 1. The van der Waals surface area contributed by atoms with Gasteiger partial charge in [-0.3, -0.25) is 9.35 Å². The first-order valence-corrected chi connectivity index (χ1v) is 7.43. The van der Waals surface area contributed by atoms with Gasteiger partial charge in [-0.15, -0.1) is 0 Å². The number of esters is 1. The summed E-state index contributed by atoms with van der Waals surface area (Å²) in [6, 6.07) is 0. The zero-order valence-corrected chi connectivity index (χ0v) is 11.4. The molecule has 1 aliphatic rings. The van der Waals surface area contributed by atoms with Crippen LogP contribution < -0.4 is 0 Å². The van der Waals surface area contributed by atoms with Gasteiger partial charge in [0.15, 0.2) is 0 Å². The van der Waals surface area contributed by atoms with Crippen molar-refractivity contribution in [1.29, 1.82) is 0 Å². The summed E-state index contributed by atoms with van der Waals surface area (Å²) in [6.07, 6.45) is -7.90. The van der Waals surface area contributed by atoms with Crippen molar-refractivity contribution in [3.63, 3.8) is 0 Å². The maximum atomic E-state index is 13.2. The molecule has 1 N–H and O–H groups in total. The fraction of sp³-hybridized carbons (Fsp3) is 0.900. The Morgan fingerprint density at radius 1 is 1.09 bits per heavy atom. The van der Waals surface area contributed by atoms with Crippen LogP contribution in [0, 0.1) is 5.92 Å². The Balaban J connectivity index is 0.00000441.